The number of Topliss-reactive ketones (excluding diaryl/α,β-unsaturated/α-hetero) is 2. The second-order valence-electron chi connectivity index (χ2n) is 7.06. The minimum Gasteiger partial charge on any atom is -0.340 e. The first-order valence-corrected chi connectivity index (χ1v) is 9.60. The van der Waals surface area contributed by atoms with Crippen molar-refractivity contribution in [3.63, 3.8) is 0 Å². The number of hydrogen-bond donors (Lipinski definition) is 1. The van der Waals surface area contributed by atoms with Gasteiger partial charge in [-0.05, 0) is 13.3 Å². The number of ketones is 2. The molecule has 0 spiro atoms. The van der Waals surface area contributed by atoms with Gasteiger partial charge in [-0.2, -0.15) is 5.48 Å². The minimum atomic E-state index is -0.927. The van der Waals surface area contributed by atoms with E-state index < -0.39 is 23.7 Å². The van der Waals surface area contributed by atoms with Gasteiger partial charge in [-0.25, -0.2) is 4.79 Å². The number of carbonyl (C=O) groups is 4. The van der Waals surface area contributed by atoms with Crippen molar-refractivity contribution in [2.75, 3.05) is 0 Å². The molecule has 26 heavy (non-hydrogen) atoms. The molecule has 0 aromatic carbocycles. The second-order valence-corrected chi connectivity index (χ2v) is 7.06. The second kappa shape index (κ2) is 11.6. The van der Waals surface area contributed by atoms with E-state index in [1.165, 1.54) is 26.2 Å². The van der Waals surface area contributed by atoms with Crippen LogP contribution < -0.4 is 5.48 Å². The highest BCUT2D eigenvalue weighted by Gasteiger charge is 2.43. The van der Waals surface area contributed by atoms with Crippen LogP contribution in [0.4, 0.5) is 0 Å². The average molecular weight is 365 g/mol. The summed E-state index contributed by atoms with van der Waals surface area (Å²) in [5, 5.41) is 0. The minimum absolute atomic E-state index is 0.183. The van der Waals surface area contributed by atoms with Crippen molar-refractivity contribution in [3.05, 3.63) is 12.2 Å². The molecule has 0 aliphatic heterocycles. The van der Waals surface area contributed by atoms with Crippen LogP contribution in [0.1, 0.15) is 78.1 Å². The Balaban J connectivity index is 2.57. The summed E-state index contributed by atoms with van der Waals surface area (Å²) in [6.07, 6.45) is 8.31. The van der Waals surface area contributed by atoms with Crippen molar-refractivity contribution >= 4 is 23.4 Å². The molecule has 0 heterocycles. The highest BCUT2D eigenvalue weighted by atomic mass is 16.7. The van der Waals surface area contributed by atoms with E-state index in [-0.39, 0.29) is 30.0 Å². The summed E-state index contributed by atoms with van der Waals surface area (Å²) in [5.74, 6) is -3.48. The highest BCUT2D eigenvalue weighted by molar-refractivity contribution is 6.11. The van der Waals surface area contributed by atoms with E-state index in [4.69, 9.17) is 4.84 Å². The van der Waals surface area contributed by atoms with Crippen LogP contribution in [0.5, 0.6) is 0 Å². The third kappa shape index (κ3) is 7.10. The molecule has 1 aliphatic rings. The number of hydrogen-bond acceptors (Lipinski definition) is 5. The number of unbranched alkanes of at least 4 members (excludes halogenated alkanes) is 6. The number of hydroxylamine groups is 1. The van der Waals surface area contributed by atoms with Crippen LogP contribution in [-0.4, -0.2) is 23.4 Å². The van der Waals surface area contributed by atoms with Crippen molar-refractivity contribution < 1.29 is 24.0 Å². The third-order valence-electron chi connectivity index (χ3n) is 4.77. The van der Waals surface area contributed by atoms with Crippen molar-refractivity contribution in [1.82, 2.24) is 5.48 Å². The third-order valence-corrected chi connectivity index (χ3v) is 4.77. The fraction of sp³-hybridized carbons (Fsp3) is 0.700. The molecule has 1 amide bonds. The van der Waals surface area contributed by atoms with Crippen LogP contribution in [0, 0.1) is 11.8 Å². The van der Waals surface area contributed by atoms with Crippen LogP contribution in [0.2, 0.25) is 0 Å². The maximum Gasteiger partial charge on any atom is 0.336 e. The zero-order valence-corrected chi connectivity index (χ0v) is 16.0. The van der Waals surface area contributed by atoms with Gasteiger partial charge >= 0.3 is 5.97 Å². The zero-order chi connectivity index (χ0) is 19.5. The van der Waals surface area contributed by atoms with Gasteiger partial charge in [-0.3, -0.25) is 14.4 Å². The van der Waals surface area contributed by atoms with Gasteiger partial charge < -0.3 is 4.84 Å². The van der Waals surface area contributed by atoms with Crippen LogP contribution >= 0.6 is 0 Å². The van der Waals surface area contributed by atoms with Crippen molar-refractivity contribution in [1.29, 1.82) is 0 Å². The molecule has 0 aromatic heterocycles. The van der Waals surface area contributed by atoms with Gasteiger partial charge in [0, 0.05) is 18.4 Å². The van der Waals surface area contributed by atoms with Crippen LogP contribution in [0.3, 0.4) is 0 Å². The molecule has 0 aromatic rings. The maximum absolute atomic E-state index is 12.4. The fourth-order valence-electron chi connectivity index (χ4n) is 3.19. The Hall–Kier alpha value is -1.98. The fourth-order valence-corrected chi connectivity index (χ4v) is 3.19. The first-order valence-electron chi connectivity index (χ1n) is 9.60. The lowest BCUT2D eigenvalue weighted by molar-refractivity contribution is -0.164. The largest absolute Gasteiger partial charge is 0.340 e. The molecule has 1 atom stereocenters. The van der Waals surface area contributed by atoms with Crippen LogP contribution in [0.15, 0.2) is 12.2 Å². The Morgan fingerprint density at radius 1 is 1.08 bits per heavy atom. The first kappa shape index (κ1) is 22.1. The summed E-state index contributed by atoms with van der Waals surface area (Å²) in [4.78, 5) is 52.8. The molecular formula is C20H31NO5. The summed E-state index contributed by atoms with van der Waals surface area (Å²) in [6, 6.07) is 0. The molecule has 6 heteroatoms. The van der Waals surface area contributed by atoms with E-state index in [2.05, 4.69) is 13.5 Å². The predicted octanol–water partition coefficient (Wildman–Crippen LogP) is 3.44. The summed E-state index contributed by atoms with van der Waals surface area (Å²) in [6.45, 7) is 7.11. The summed E-state index contributed by atoms with van der Waals surface area (Å²) < 4.78 is 0. The first-order chi connectivity index (χ1) is 12.4. The number of nitrogens with one attached hydrogen (secondary N) is 1. The summed E-state index contributed by atoms with van der Waals surface area (Å²) >= 11 is 0. The van der Waals surface area contributed by atoms with Crippen molar-refractivity contribution in [3.8, 4) is 0 Å². The molecule has 6 nitrogen and oxygen atoms in total. The molecule has 0 bridgehead atoms. The quantitative estimate of drug-likeness (QED) is 0.262. The average Bonchev–Trinajstić information content (AvgIpc) is 2.93. The molecule has 1 fully saturated rings. The smallest absolute Gasteiger partial charge is 0.336 e. The summed E-state index contributed by atoms with van der Waals surface area (Å²) in [7, 11) is 0. The molecule has 1 unspecified atom stereocenters. The predicted molar refractivity (Wildman–Crippen MR) is 97.9 cm³/mol. The molecule has 0 saturated heterocycles. The monoisotopic (exact) mass is 365 g/mol. The maximum atomic E-state index is 12.4. The Bertz CT molecular complexity index is 524. The molecule has 1 saturated carbocycles. The van der Waals surface area contributed by atoms with E-state index in [1.54, 1.807) is 0 Å². The Morgan fingerprint density at radius 2 is 1.62 bits per heavy atom. The molecule has 146 valence electrons. The van der Waals surface area contributed by atoms with Crippen molar-refractivity contribution in [2.45, 2.75) is 78.1 Å². The lowest BCUT2D eigenvalue weighted by atomic mass is 9.85. The molecular weight excluding hydrogens is 334 g/mol. The van der Waals surface area contributed by atoms with E-state index in [1.807, 2.05) is 5.48 Å². The summed E-state index contributed by atoms with van der Waals surface area (Å²) in [5.41, 5.74) is 2.23. The van der Waals surface area contributed by atoms with Gasteiger partial charge in [-0.1, -0.05) is 58.4 Å². The zero-order valence-electron chi connectivity index (χ0n) is 16.0. The number of carbonyl (C=O) groups excluding carboxylic acids is 4. The van der Waals surface area contributed by atoms with E-state index >= 15 is 0 Å². The molecule has 1 rings (SSSR count). The Morgan fingerprint density at radius 3 is 2.15 bits per heavy atom. The highest BCUT2D eigenvalue weighted by Crippen LogP contribution is 2.30. The van der Waals surface area contributed by atoms with E-state index in [9.17, 15) is 19.2 Å². The van der Waals surface area contributed by atoms with Gasteiger partial charge in [0.2, 0.25) is 0 Å². The number of amides is 1. The van der Waals surface area contributed by atoms with Gasteiger partial charge in [-0.15, -0.1) is 0 Å². The molecule has 1 aliphatic carbocycles. The molecule has 1 N–H and O–H groups in total. The lowest BCUT2D eigenvalue weighted by Gasteiger charge is -2.19. The Labute approximate surface area is 155 Å². The molecule has 0 radical (unpaired) electrons. The van der Waals surface area contributed by atoms with E-state index in [0.717, 1.165) is 25.7 Å². The van der Waals surface area contributed by atoms with Crippen LogP contribution in [-0.2, 0) is 24.0 Å². The van der Waals surface area contributed by atoms with Gasteiger partial charge in [0.05, 0.1) is 11.8 Å². The standard InChI is InChI=1S/C20H31NO5/c1-4-5-6-7-8-9-10-11-15(18-16(22)12-13-17(18)23)20(25)26-21-19(24)14(2)3/h15,18H,2,4-13H2,1,3H3,(H,21,24). The van der Waals surface area contributed by atoms with Crippen LogP contribution in [0.25, 0.3) is 0 Å². The van der Waals surface area contributed by atoms with Gasteiger partial charge in [0.15, 0.2) is 0 Å². The lowest BCUT2D eigenvalue weighted by Crippen LogP contribution is -2.37. The number of rotatable bonds is 11. The van der Waals surface area contributed by atoms with E-state index in [0.29, 0.717) is 6.42 Å². The SMILES string of the molecule is C=C(C)C(=O)NOC(=O)C(CCCCCCCCC)C1C(=O)CCC1=O. The van der Waals surface area contributed by atoms with Gasteiger partial charge in [0.25, 0.3) is 5.91 Å². The normalized spacial score (nSPS) is 15.8. The van der Waals surface area contributed by atoms with Crippen molar-refractivity contribution in [2.24, 2.45) is 11.8 Å². The Kier molecular flexibility index (Phi) is 9.84. The topological polar surface area (TPSA) is 89.5 Å². The van der Waals surface area contributed by atoms with Gasteiger partial charge in [0.1, 0.15) is 11.6 Å².